The molecule has 1 N–H and O–H groups in total. The number of benzene rings is 1. The van der Waals surface area contributed by atoms with Crippen LogP contribution in [0.4, 0.5) is 5.69 Å². The van der Waals surface area contributed by atoms with Crippen LogP contribution in [0.3, 0.4) is 0 Å². The lowest BCUT2D eigenvalue weighted by atomic mass is 10.1. The third-order valence-corrected chi connectivity index (χ3v) is 4.73. The molecule has 1 aromatic carbocycles. The lowest BCUT2D eigenvalue weighted by Gasteiger charge is -2.25. The molecule has 19 heavy (non-hydrogen) atoms. The Hall–Kier alpha value is -0.870. The number of anilines is 1. The van der Waals surface area contributed by atoms with Gasteiger partial charge in [-0.15, -0.1) is 0 Å². The van der Waals surface area contributed by atoms with Crippen LogP contribution in [0.2, 0.25) is 5.02 Å². The number of hydrogen-bond donors (Lipinski definition) is 1. The fraction of sp³-hybridized carbons (Fsp3) is 0.500. The second kappa shape index (κ2) is 6.53. The van der Waals surface area contributed by atoms with E-state index in [1.807, 2.05) is 42.8 Å². The standard InChI is InChI=1S/C14H19ClN2OS/c1-3-16-13-5-4-10(15)8-12(13)14(18)17(2)11-6-7-19-9-11/h4-5,8,11,16H,3,6-7,9H2,1-2H3. The molecule has 0 saturated carbocycles. The van der Waals surface area contributed by atoms with E-state index >= 15 is 0 Å². The molecule has 1 heterocycles. The minimum atomic E-state index is 0.0472. The van der Waals surface area contributed by atoms with Crippen LogP contribution in [0.25, 0.3) is 0 Å². The number of amides is 1. The monoisotopic (exact) mass is 298 g/mol. The molecule has 1 unspecified atom stereocenters. The number of hydrogen-bond acceptors (Lipinski definition) is 3. The summed E-state index contributed by atoms with van der Waals surface area (Å²) in [6, 6.07) is 5.77. The molecule has 0 bridgehead atoms. The Labute approximate surface area is 123 Å². The molecule has 0 aliphatic carbocycles. The maximum atomic E-state index is 12.6. The lowest BCUT2D eigenvalue weighted by molar-refractivity contribution is 0.0749. The SMILES string of the molecule is CCNc1ccc(Cl)cc1C(=O)N(C)C1CCSC1. The third-order valence-electron chi connectivity index (χ3n) is 3.35. The van der Waals surface area contributed by atoms with Gasteiger partial charge >= 0.3 is 0 Å². The molecule has 1 amide bonds. The number of rotatable bonds is 4. The molecule has 1 fully saturated rings. The Morgan fingerprint density at radius 2 is 2.37 bits per heavy atom. The van der Waals surface area contributed by atoms with Gasteiger partial charge in [0.05, 0.1) is 5.56 Å². The molecular formula is C14H19ClN2OS. The van der Waals surface area contributed by atoms with Gasteiger partial charge in [0, 0.05) is 36.1 Å². The van der Waals surface area contributed by atoms with Crippen LogP contribution >= 0.6 is 23.4 Å². The van der Waals surface area contributed by atoms with Gasteiger partial charge in [0.15, 0.2) is 0 Å². The summed E-state index contributed by atoms with van der Waals surface area (Å²) in [5.74, 6) is 2.21. The van der Waals surface area contributed by atoms with E-state index < -0.39 is 0 Å². The van der Waals surface area contributed by atoms with Crippen molar-refractivity contribution >= 4 is 35.0 Å². The summed E-state index contributed by atoms with van der Waals surface area (Å²) in [5, 5.41) is 3.81. The number of nitrogens with zero attached hydrogens (tertiary/aromatic N) is 1. The van der Waals surface area contributed by atoms with E-state index in [2.05, 4.69) is 5.32 Å². The van der Waals surface area contributed by atoms with Crippen LogP contribution in [0.1, 0.15) is 23.7 Å². The fourth-order valence-corrected chi connectivity index (χ4v) is 3.66. The summed E-state index contributed by atoms with van der Waals surface area (Å²) in [5.41, 5.74) is 1.52. The van der Waals surface area contributed by atoms with Crippen LogP contribution in [0.5, 0.6) is 0 Å². The first-order chi connectivity index (χ1) is 9.13. The van der Waals surface area contributed by atoms with Crippen molar-refractivity contribution in [2.45, 2.75) is 19.4 Å². The summed E-state index contributed by atoms with van der Waals surface area (Å²) >= 11 is 7.93. The van der Waals surface area contributed by atoms with E-state index in [-0.39, 0.29) is 5.91 Å². The van der Waals surface area contributed by atoms with Crippen LogP contribution in [-0.4, -0.2) is 41.9 Å². The smallest absolute Gasteiger partial charge is 0.256 e. The second-order valence-electron chi connectivity index (χ2n) is 4.65. The van der Waals surface area contributed by atoms with E-state index in [0.29, 0.717) is 16.6 Å². The minimum absolute atomic E-state index is 0.0472. The summed E-state index contributed by atoms with van der Waals surface area (Å²) < 4.78 is 0. The highest BCUT2D eigenvalue weighted by molar-refractivity contribution is 7.99. The van der Waals surface area contributed by atoms with Gasteiger partial charge in [-0.1, -0.05) is 11.6 Å². The zero-order valence-electron chi connectivity index (χ0n) is 11.3. The molecule has 104 valence electrons. The molecule has 1 atom stereocenters. The first-order valence-corrected chi connectivity index (χ1v) is 8.05. The van der Waals surface area contributed by atoms with E-state index in [4.69, 9.17) is 11.6 Å². The van der Waals surface area contributed by atoms with Crippen molar-refractivity contribution in [3.63, 3.8) is 0 Å². The Kier molecular flexibility index (Phi) is 4.99. The maximum Gasteiger partial charge on any atom is 0.256 e. The van der Waals surface area contributed by atoms with Gasteiger partial charge in [0.25, 0.3) is 5.91 Å². The van der Waals surface area contributed by atoms with Crippen LogP contribution in [0, 0.1) is 0 Å². The highest BCUT2D eigenvalue weighted by Crippen LogP contribution is 2.26. The topological polar surface area (TPSA) is 32.3 Å². The first kappa shape index (κ1) is 14.5. The average molecular weight is 299 g/mol. The van der Waals surface area contributed by atoms with Crippen molar-refractivity contribution in [3.05, 3.63) is 28.8 Å². The molecule has 1 aliphatic heterocycles. The number of nitrogens with one attached hydrogen (secondary N) is 1. The largest absolute Gasteiger partial charge is 0.385 e. The predicted octanol–water partition coefficient (Wildman–Crippen LogP) is 3.35. The number of carbonyl (C=O) groups excluding carboxylic acids is 1. The quantitative estimate of drug-likeness (QED) is 0.925. The first-order valence-electron chi connectivity index (χ1n) is 6.51. The van der Waals surface area contributed by atoms with Crippen LogP contribution < -0.4 is 5.32 Å². The van der Waals surface area contributed by atoms with Crippen molar-refractivity contribution in [1.82, 2.24) is 4.90 Å². The predicted molar refractivity (Wildman–Crippen MR) is 83.4 cm³/mol. The van der Waals surface area contributed by atoms with E-state index in [1.165, 1.54) is 0 Å². The Morgan fingerprint density at radius 1 is 1.58 bits per heavy atom. The molecular weight excluding hydrogens is 280 g/mol. The van der Waals surface area contributed by atoms with Crippen molar-refractivity contribution in [1.29, 1.82) is 0 Å². The third kappa shape index (κ3) is 3.37. The molecule has 1 saturated heterocycles. The second-order valence-corrected chi connectivity index (χ2v) is 6.24. The molecule has 0 aromatic heterocycles. The van der Waals surface area contributed by atoms with Crippen LogP contribution in [-0.2, 0) is 0 Å². The Bertz CT molecular complexity index is 461. The average Bonchev–Trinajstić information content (AvgIpc) is 2.93. The molecule has 0 spiro atoms. The zero-order chi connectivity index (χ0) is 13.8. The van der Waals surface area contributed by atoms with Gasteiger partial charge in [0.2, 0.25) is 0 Å². The fourth-order valence-electron chi connectivity index (χ4n) is 2.22. The van der Waals surface area contributed by atoms with Gasteiger partial charge < -0.3 is 10.2 Å². The van der Waals surface area contributed by atoms with E-state index in [9.17, 15) is 4.79 Å². The number of halogens is 1. The highest BCUT2D eigenvalue weighted by atomic mass is 35.5. The van der Waals surface area contributed by atoms with Crippen molar-refractivity contribution in [2.75, 3.05) is 30.4 Å². The Morgan fingerprint density at radius 3 is 3.00 bits per heavy atom. The van der Waals surface area contributed by atoms with E-state index in [0.717, 1.165) is 30.2 Å². The normalized spacial score (nSPS) is 18.4. The van der Waals surface area contributed by atoms with Gasteiger partial charge in [-0.05, 0) is 37.3 Å². The molecule has 2 rings (SSSR count). The van der Waals surface area contributed by atoms with Gasteiger partial charge in [-0.3, -0.25) is 4.79 Å². The molecule has 3 nitrogen and oxygen atoms in total. The molecule has 0 radical (unpaired) electrons. The number of thioether (sulfide) groups is 1. The Balaban J connectivity index is 2.23. The minimum Gasteiger partial charge on any atom is -0.385 e. The van der Waals surface area contributed by atoms with Crippen molar-refractivity contribution in [2.24, 2.45) is 0 Å². The molecule has 1 aromatic rings. The molecule has 5 heteroatoms. The summed E-state index contributed by atoms with van der Waals surface area (Å²) in [6.07, 6.45) is 1.07. The van der Waals surface area contributed by atoms with Gasteiger partial charge in [-0.2, -0.15) is 11.8 Å². The van der Waals surface area contributed by atoms with Crippen LogP contribution in [0.15, 0.2) is 18.2 Å². The zero-order valence-corrected chi connectivity index (χ0v) is 12.9. The molecule has 1 aliphatic rings. The van der Waals surface area contributed by atoms with E-state index in [1.54, 1.807) is 6.07 Å². The summed E-state index contributed by atoms with van der Waals surface area (Å²) in [4.78, 5) is 14.5. The van der Waals surface area contributed by atoms with Crippen molar-refractivity contribution in [3.8, 4) is 0 Å². The maximum absolute atomic E-state index is 12.6. The summed E-state index contributed by atoms with van der Waals surface area (Å²) in [6.45, 7) is 2.80. The lowest BCUT2D eigenvalue weighted by Crippen LogP contribution is -2.37. The van der Waals surface area contributed by atoms with Gasteiger partial charge in [-0.25, -0.2) is 0 Å². The van der Waals surface area contributed by atoms with Gasteiger partial charge in [0.1, 0.15) is 0 Å². The highest BCUT2D eigenvalue weighted by Gasteiger charge is 2.26. The number of carbonyl (C=O) groups is 1. The summed E-state index contributed by atoms with van der Waals surface area (Å²) in [7, 11) is 1.88. The van der Waals surface area contributed by atoms with Crippen molar-refractivity contribution < 1.29 is 4.79 Å².